The number of aliphatic hydroxyl groups is 1. The van der Waals surface area contributed by atoms with Gasteiger partial charge in [-0.3, -0.25) is 14.6 Å². The van der Waals surface area contributed by atoms with Gasteiger partial charge in [0.25, 0.3) is 11.7 Å². The molecule has 1 N–H and O–H groups in total. The minimum absolute atomic E-state index is 0.00311. The number of ketones is 1. The molecule has 1 aromatic carbocycles. The Morgan fingerprint density at radius 1 is 1.13 bits per heavy atom. The number of rotatable bonds is 7. The largest absolute Gasteiger partial charge is 0.507 e. The average molecular weight is 448 g/mol. The first-order valence-electron chi connectivity index (χ1n) is 9.76. The van der Waals surface area contributed by atoms with Gasteiger partial charge in [-0.2, -0.15) is 0 Å². The number of nitrogens with zero attached hydrogens (tertiary/aromatic N) is 3. The lowest BCUT2D eigenvalue weighted by atomic mass is 9.98. The summed E-state index contributed by atoms with van der Waals surface area (Å²) < 4.78 is 0. The summed E-state index contributed by atoms with van der Waals surface area (Å²) in [7, 11) is 0. The van der Waals surface area contributed by atoms with Crippen LogP contribution in [0.3, 0.4) is 0 Å². The van der Waals surface area contributed by atoms with Gasteiger partial charge in [0.05, 0.1) is 21.3 Å². The molecule has 1 aliphatic heterocycles. The number of hydrogen-bond donors (Lipinski definition) is 1. The molecule has 0 spiro atoms. The van der Waals surface area contributed by atoms with Gasteiger partial charge in [-0.1, -0.05) is 43.1 Å². The molecule has 1 saturated heterocycles. The highest BCUT2D eigenvalue weighted by Crippen LogP contribution is 2.39. The number of likely N-dealkylation sites (tertiary alicyclic amines) is 1. The minimum atomic E-state index is -0.781. The Hall–Kier alpha value is -2.41. The number of aliphatic hydroxyl groups excluding tert-OH is 1. The van der Waals surface area contributed by atoms with Crippen LogP contribution in [0.2, 0.25) is 10.0 Å². The maximum Gasteiger partial charge on any atom is 0.295 e. The van der Waals surface area contributed by atoms with Crippen molar-refractivity contribution in [2.45, 2.75) is 19.9 Å². The average Bonchev–Trinajstić information content (AvgIpc) is 3.01. The van der Waals surface area contributed by atoms with Crippen LogP contribution >= 0.6 is 23.2 Å². The number of Topliss-reactive ketones (excluding diaryl/α,β-unsaturated/α-hetero) is 1. The molecule has 0 aliphatic carbocycles. The fourth-order valence-electron chi connectivity index (χ4n) is 3.54. The maximum absolute atomic E-state index is 12.9. The summed E-state index contributed by atoms with van der Waals surface area (Å²) >= 11 is 12.1. The Morgan fingerprint density at radius 2 is 1.87 bits per heavy atom. The van der Waals surface area contributed by atoms with Crippen molar-refractivity contribution in [2.24, 2.45) is 0 Å². The molecule has 30 heavy (non-hydrogen) atoms. The molecular formula is C22H23Cl2N3O3. The summed E-state index contributed by atoms with van der Waals surface area (Å²) in [4.78, 5) is 33.8. The molecular weight excluding hydrogens is 425 g/mol. The van der Waals surface area contributed by atoms with E-state index in [-0.39, 0.29) is 16.4 Å². The third kappa shape index (κ3) is 4.36. The molecule has 2 aromatic rings. The molecule has 1 unspecified atom stereocenters. The van der Waals surface area contributed by atoms with Crippen LogP contribution in [0.5, 0.6) is 0 Å². The van der Waals surface area contributed by atoms with E-state index in [2.05, 4.69) is 9.88 Å². The third-order valence-corrected chi connectivity index (χ3v) is 5.99. The van der Waals surface area contributed by atoms with Crippen LogP contribution < -0.4 is 0 Å². The van der Waals surface area contributed by atoms with Crippen LogP contribution in [0.1, 0.15) is 31.1 Å². The Bertz CT molecular complexity index is 975. The van der Waals surface area contributed by atoms with Gasteiger partial charge in [0.2, 0.25) is 0 Å². The number of halogens is 2. The van der Waals surface area contributed by atoms with E-state index in [1.54, 1.807) is 30.5 Å². The van der Waals surface area contributed by atoms with Crippen LogP contribution in [0.4, 0.5) is 0 Å². The van der Waals surface area contributed by atoms with Crippen LogP contribution in [0.25, 0.3) is 5.76 Å². The number of amides is 1. The van der Waals surface area contributed by atoms with E-state index in [1.807, 2.05) is 13.8 Å². The van der Waals surface area contributed by atoms with Crippen LogP contribution in [-0.2, 0) is 9.59 Å². The van der Waals surface area contributed by atoms with Gasteiger partial charge in [0.1, 0.15) is 11.8 Å². The number of carbonyl (C=O) groups excluding carboxylic acids is 2. The highest BCUT2D eigenvalue weighted by molar-refractivity contribution is 6.46. The van der Waals surface area contributed by atoms with E-state index in [0.717, 1.165) is 13.1 Å². The van der Waals surface area contributed by atoms with Crippen molar-refractivity contribution in [1.29, 1.82) is 0 Å². The van der Waals surface area contributed by atoms with Crippen molar-refractivity contribution in [3.05, 3.63) is 69.5 Å². The normalized spacial score (nSPS) is 18.4. The zero-order chi connectivity index (χ0) is 21.8. The topological polar surface area (TPSA) is 73.7 Å². The van der Waals surface area contributed by atoms with E-state index < -0.39 is 17.7 Å². The molecule has 0 bridgehead atoms. The first-order valence-corrected chi connectivity index (χ1v) is 10.5. The highest BCUT2D eigenvalue weighted by Gasteiger charge is 2.46. The van der Waals surface area contributed by atoms with Crippen molar-refractivity contribution in [3.63, 3.8) is 0 Å². The molecule has 0 saturated carbocycles. The molecule has 1 aromatic heterocycles. The molecule has 1 amide bonds. The summed E-state index contributed by atoms with van der Waals surface area (Å²) in [5, 5.41) is 11.6. The van der Waals surface area contributed by atoms with E-state index in [0.29, 0.717) is 29.4 Å². The first kappa shape index (κ1) is 22.3. The van der Waals surface area contributed by atoms with Gasteiger partial charge in [0, 0.05) is 24.8 Å². The van der Waals surface area contributed by atoms with Crippen molar-refractivity contribution < 1.29 is 14.7 Å². The lowest BCUT2D eigenvalue weighted by Crippen LogP contribution is -2.38. The third-order valence-electron chi connectivity index (χ3n) is 5.25. The van der Waals surface area contributed by atoms with E-state index in [9.17, 15) is 14.7 Å². The lowest BCUT2D eigenvalue weighted by molar-refractivity contribution is -0.140. The van der Waals surface area contributed by atoms with Gasteiger partial charge in [0.15, 0.2) is 0 Å². The zero-order valence-electron chi connectivity index (χ0n) is 16.8. The molecule has 3 rings (SSSR count). The molecule has 2 heterocycles. The zero-order valence-corrected chi connectivity index (χ0v) is 18.3. The fourth-order valence-corrected chi connectivity index (χ4v) is 3.84. The van der Waals surface area contributed by atoms with E-state index >= 15 is 0 Å². The minimum Gasteiger partial charge on any atom is -0.507 e. The van der Waals surface area contributed by atoms with Crippen LogP contribution in [-0.4, -0.2) is 57.8 Å². The van der Waals surface area contributed by atoms with E-state index in [4.69, 9.17) is 23.2 Å². The quantitative estimate of drug-likeness (QED) is 0.391. The van der Waals surface area contributed by atoms with Crippen LogP contribution in [0, 0.1) is 0 Å². The predicted octanol–water partition coefficient (Wildman–Crippen LogP) is 4.15. The number of aromatic nitrogens is 1. The molecule has 158 valence electrons. The van der Waals surface area contributed by atoms with Gasteiger partial charge in [-0.25, -0.2) is 0 Å². The number of carbonyl (C=O) groups is 2. The van der Waals surface area contributed by atoms with E-state index in [1.165, 1.54) is 17.0 Å². The van der Waals surface area contributed by atoms with Crippen molar-refractivity contribution in [2.75, 3.05) is 26.2 Å². The molecule has 0 radical (unpaired) electrons. The van der Waals surface area contributed by atoms with Crippen LogP contribution in [0.15, 0.2) is 48.2 Å². The van der Waals surface area contributed by atoms with Gasteiger partial charge in [-0.15, -0.1) is 0 Å². The second-order valence-corrected chi connectivity index (χ2v) is 7.72. The van der Waals surface area contributed by atoms with Crippen molar-refractivity contribution >= 4 is 40.7 Å². The Kier molecular flexibility index (Phi) is 7.13. The second kappa shape index (κ2) is 9.60. The molecule has 1 atom stereocenters. The first-order chi connectivity index (χ1) is 14.4. The summed E-state index contributed by atoms with van der Waals surface area (Å²) in [5.41, 5.74) is 0.821. The predicted molar refractivity (Wildman–Crippen MR) is 117 cm³/mol. The SMILES string of the molecule is CCN(CC)CCN1C(=O)C(=O)/C(=C(\O)c2ccc(Cl)c(Cl)c2)C1c1ccccn1. The number of likely N-dealkylation sites (N-methyl/N-ethyl adjacent to an activating group) is 1. The lowest BCUT2D eigenvalue weighted by Gasteiger charge is -2.27. The maximum atomic E-state index is 12.9. The Labute approximate surface area is 185 Å². The number of hydrogen-bond acceptors (Lipinski definition) is 5. The molecule has 6 nitrogen and oxygen atoms in total. The number of pyridine rings is 1. The van der Waals surface area contributed by atoms with Gasteiger partial charge >= 0.3 is 0 Å². The Balaban J connectivity index is 2.09. The fraction of sp³-hybridized carbons (Fsp3) is 0.318. The monoisotopic (exact) mass is 447 g/mol. The summed E-state index contributed by atoms with van der Waals surface area (Å²) in [5.74, 6) is -1.69. The summed E-state index contributed by atoms with van der Waals surface area (Å²) in [6, 6.07) is 9.06. The van der Waals surface area contributed by atoms with Crippen molar-refractivity contribution in [3.8, 4) is 0 Å². The van der Waals surface area contributed by atoms with Gasteiger partial charge in [-0.05, 0) is 43.4 Å². The smallest absolute Gasteiger partial charge is 0.295 e. The summed E-state index contributed by atoms with van der Waals surface area (Å²) in [6.45, 7) is 6.69. The Morgan fingerprint density at radius 3 is 2.47 bits per heavy atom. The highest BCUT2D eigenvalue weighted by atomic mass is 35.5. The summed E-state index contributed by atoms with van der Waals surface area (Å²) in [6.07, 6.45) is 1.60. The molecule has 8 heteroatoms. The van der Waals surface area contributed by atoms with Gasteiger partial charge < -0.3 is 14.9 Å². The second-order valence-electron chi connectivity index (χ2n) is 6.90. The molecule has 1 aliphatic rings. The molecule has 1 fully saturated rings. The number of benzene rings is 1. The van der Waals surface area contributed by atoms with Crippen molar-refractivity contribution in [1.82, 2.24) is 14.8 Å². The standard InChI is InChI=1S/C22H23Cl2N3O3/c1-3-26(4-2)11-12-27-19(17-7-5-6-10-25-17)18(21(29)22(27)30)20(28)14-8-9-15(23)16(24)13-14/h5-10,13,19,28H,3-4,11-12H2,1-2H3/b20-18-.